The van der Waals surface area contributed by atoms with Gasteiger partial charge in [0.05, 0.1) is 21.7 Å². The fraction of sp³-hybridized carbons (Fsp3) is 0.263. The summed E-state index contributed by atoms with van der Waals surface area (Å²) in [4.78, 5) is 17.3. The first kappa shape index (κ1) is 16.1. The maximum atomic E-state index is 12.6. The second-order valence-corrected chi connectivity index (χ2v) is 6.48. The molecule has 0 spiro atoms. The summed E-state index contributed by atoms with van der Waals surface area (Å²) < 4.78 is 7.73. The molecule has 1 amide bonds. The summed E-state index contributed by atoms with van der Waals surface area (Å²) in [5, 5.41) is 3.39. The summed E-state index contributed by atoms with van der Waals surface area (Å²) in [6.07, 6.45) is 1.88. The standard InChI is InChI=1S/C19H18ClN3O2/c20-13-6-1-2-7-14(13)21-18(24)12-23-16-9-4-3-8-15(16)22-19(23)17-10-5-11-25-17/h1-4,6-9,17H,5,10-12H2,(H,21,24)/t17-/m0/s1. The molecule has 1 atom stereocenters. The quantitative estimate of drug-likeness (QED) is 0.763. The van der Waals surface area contributed by atoms with Gasteiger partial charge >= 0.3 is 0 Å². The lowest BCUT2D eigenvalue weighted by Crippen LogP contribution is -2.21. The molecular formula is C19H18ClN3O2. The number of hydrogen-bond acceptors (Lipinski definition) is 3. The maximum Gasteiger partial charge on any atom is 0.244 e. The number of amides is 1. The average molecular weight is 356 g/mol. The van der Waals surface area contributed by atoms with Crippen LogP contribution in [0.1, 0.15) is 24.8 Å². The number of fused-ring (bicyclic) bond motifs is 1. The van der Waals surface area contributed by atoms with Crippen LogP contribution in [0.4, 0.5) is 5.69 Å². The van der Waals surface area contributed by atoms with Gasteiger partial charge in [0.15, 0.2) is 0 Å². The van der Waals surface area contributed by atoms with Gasteiger partial charge in [-0.3, -0.25) is 4.79 Å². The predicted octanol–water partition coefficient (Wildman–Crippen LogP) is 4.18. The van der Waals surface area contributed by atoms with Gasteiger partial charge in [0.25, 0.3) is 0 Å². The molecule has 1 saturated heterocycles. The van der Waals surface area contributed by atoms with Crippen LogP contribution in [0.2, 0.25) is 5.02 Å². The second-order valence-electron chi connectivity index (χ2n) is 6.07. The molecule has 1 N–H and O–H groups in total. The van der Waals surface area contributed by atoms with Gasteiger partial charge in [-0.15, -0.1) is 0 Å². The molecule has 1 aliphatic heterocycles. The molecule has 1 aromatic heterocycles. The Bertz CT molecular complexity index is 916. The number of halogens is 1. The lowest BCUT2D eigenvalue weighted by Gasteiger charge is -2.14. The van der Waals surface area contributed by atoms with Crippen LogP contribution in [0.25, 0.3) is 11.0 Å². The molecule has 1 aliphatic rings. The first-order valence-electron chi connectivity index (χ1n) is 8.33. The molecule has 0 unspecified atom stereocenters. The fourth-order valence-electron chi connectivity index (χ4n) is 3.18. The number of aromatic nitrogens is 2. The van der Waals surface area contributed by atoms with Gasteiger partial charge in [-0.05, 0) is 37.1 Å². The summed E-state index contributed by atoms with van der Waals surface area (Å²) in [5.74, 6) is 0.670. The van der Waals surface area contributed by atoms with E-state index in [1.54, 1.807) is 12.1 Å². The zero-order valence-corrected chi connectivity index (χ0v) is 14.4. The van der Waals surface area contributed by atoms with Crippen molar-refractivity contribution in [3.8, 4) is 0 Å². The normalized spacial score (nSPS) is 17.1. The van der Waals surface area contributed by atoms with Crippen LogP contribution in [0.5, 0.6) is 0 Å². The molecule has 3 aromatic rings. The third-order valence-electron chi connectivity index (χ3n) is 4.35. The minimum Gasteiger partial charge on any atom is -0.370 e. The number of para-hydroxylation sites is 3. The number of imidazole rings is 1. The van der Waals surface area contributed by atoms with E-state index in [9.17, 15) is 4.79 Å². The number of carbonyl (C=O) groups excluding carboxylic acids is 1. The molecule has 25 heavy (non-hydrogen) atoms. The monoisotopic (exact) mass is 355 g/mol. The van der Waals surface area contributed by atoms with E-state index in [4.69, 9.17) is 21.3 Å². The largest absolute Gasteiger partial charge is 0.370 e. The number of benzene rings is 2. The molecule has 4 rings (SSSR count). The Balaban J connectivity index is 1.64. The van der Waals surface area contributed by atoms with E-state index in [0.29, 0.717) is 10.7 Å². The van der Waals surface area contributed by atoms with Gasteiger partial charge in [-0.2, -0.15) is 0 Å². The van der Waals surface area contributed by atoms with E-state index in [0.717, 1.165) is 36.3 Å². The van der Waals surface area contributed by atoms with Crippen LogP contribution in [-0.2, 0) is 16.1 Å². The SMILES string of the molecule is O=C(Cn1c([C@@H]2CCCO2)nc2ccccc21)Nc1ccccc1Cl. The zero-order valence-electron chi connectivity index (χ0n) is 13.6. The highest BCUT2D eigenvalue weighted by atomic mass is 35.5. The van der Waals surface area contributed by atoms with Crippen molar-refractivity contribution >= 4 is 34.2 Å². The van der Waals surface area contributed by atoms with Crippen molar-refractivity contribution in [2.24, 2.45) is 0 Å². The van der Waals surface area contributed by atoms with Crippen molar-refractivity contribution in [3.05, 3.63) is 59.4 Å². The number of carbonyl (C=O) groups is 1. The van der Waals surface area contributed by atoms with Crippen LogP contribution >= 0.6 is 11.6 Å². The first-order chi connectivity index (χ1) is 12.2. The van der Waals surface area contributed by atoms with E-state index in [-0.39, 0.29) is 18.6 Å². The third kappa shape index (κ3) is 3.25. The summed E-state index contributed by atoms with van der Waals surface area (Å²) in [5.41, 5.74) is 2.41. The van der Waals surface area contributed by atoms with Crippen molar-refractivity contribution in [3.63, 3.8) is 0 Å². The summed E-state index contributed by atoms with van der Waals surface area (Å²) in [6, 6.07) is 15.0. The van der Waals surface area contributed by atoms with Gasteiger partial charge in [0.1, 0.15) is 18.5 Å². The van der Waals surface area contributed by atoms with Crippen LogP contribution in [0.3, 0.4) is 0 Å². The molecule has 0 bridgehead atoms. The van der Waals surface area contributed by atoms with Crippen LogP contribution < -0.4 is 5.32 Å². The lowest BCUT2D eigenvalue weighted by atomic mass is 10.2. The van der Waals surface area contributed by atoms with Crippen molar-refractivity contribution in [1.82, 2.24) is 9.55 Å². The third-order valence-corrected chi connectivity index (χ3v) is 4.68. The highest BCUT2D eigenvalue weighted by Gasteiger charge is 2.25. The van der Waals surface area contributed by atoms with Gasteiger partial charge in [-0.1, -0.05) is 35.9 Å². The topological polar surface area (TPSA) is 56.2 Å². The minimum atomic E-state index is -0.143. The Labute approximate surface area is 150 Å². The molecular weight excluding hydrogens is 338 g/mol. The van der Waals surface area contributed by atoms with E-state index in [1.165, 1.54) is 0 Å². The predicted molar refractivity (Wildman–Crippen MR) is 97.7 cm³/mol. The number of ether oxygens (including phenoxy) is 1. The number of rotatable bonds is 4. The summed E-state index contributed by atoms with van der Waals surface area (Å²) >= 11 is 6.13. The average Bonchev–Trinajstić information content (AvgIpc) is 3.25. The molecule has 0 radical (unpaired) electrons. The van der Waals surface area contributed by atoms with E-state index < -0.39 is 0 Å². The number of hydrogen-bond donors (Lipinski definition) is 1. The van der Waals surface area contributed by atoms with E-state index in [2.05, 4.69) is 5.32 Å². The first-order valence-corrected chi connectivity index (χ1v) is 8.71. The summed E-state index contributed by atoms with van der Waals surface area (Å²) in [6.45, 7) is 0.903. The smallest absolute Gasteiger partial charge is 0.244 e. The highest BCUT2D eigenvalue weighted by Crippen LogP contribution is 2.30. The molecule has 2 aromatic carbocycles. The molecule has 2 heterocycles. The number of nitrogens with one attached hydrogen (secondary N) is 1. The molecule has 0 aliphatic carbocycles. The Hall–Kier alpha value is -2.37. The highest BCUT2D eigenvalue weighted by molar-refractivity contribution is 6.33. The minimum absolute atomic E-state index is 0.0551. The molecule has 0 saturated carbocycles. The second kappa shape index (κ2) is 6.86. The van der Waals surface area contributed by atoms with Crippen LogP contribution in [0.15, 0.2) is 48.5 Å². The van der Waals surface area contributed by atoms with Crippen molar-refractivity contribution in [1.29, 1.82) is 0 Å². The number of anilines is 1. The fourth-order valence-corrected chi connectivity index (χ4v) is 3.37. The maximum absolute atomic E-state index is 12.6. The summed E-state index contributed by atoms with van der Waals surface area (Å²) in [7, 11) is 0. The Morgan fingerprint density at radius 2 is 2.04 bits per heavy atom. The van der Waals surface area contributed by atoms with Gasteiger partial charge < -0.3 is 14.6 Å². The van der Waals surface area contributed by atoms with Crippen LogP contribution in [-0.4, -0.2) is 22.1 Å². The Morgan fingerprint density at radius 1 is 1.24 bits per heavy atom. The van der Waals surface area contributed by atoms with Crippen molar-refractivity contribution < 1.29 is 9.53 Å². The van der Waals surface area contributed by atoms with E-state index in [1.807, 2.05) is 41.0 Å². The van der Waals surface area contributed by atoms with Gasteiger partial charge in [-0.25, -0.2) is 4.98 Å². The molecule has 128 valence electrons. The number of nitrogens with zero attached hydrogens (tertiary/aromatic N) is 2. The molecule has 5 nitrogen and oxygen atoms in total. The lowest BCUT2D eigenvalue weighted by molar-refractivity contribution is -0.116. The zero-order chi connectivity index (χ0) is 17.2. The Morgan fingerprint density at radius 3 is 2.84 bits per heavy atom. The van der Waals surface area contributed by atoms with Gasteiger partial charge in [0, 0.05) is 6.61 Å². The van der Waals surface area contributed by atoms with Gasteiger partial charge in [0.2, 0.25) is 5.91 Å². The molecule has 1 fully saturated rings. The van der Waals surface area contributed by atoms with Crippen molar-refractivity contribution in [2.45, 2.75) is 25.5 Å². The Kier molecular flexibility index (Phi) is 4.42. The van der Waals surface area contributed by atoms with E-state index >= 15 is 0 Å². The van der Waals surface area contributed by atoms with Crippen molar-refractivity contribution in [2.75, 3.05) is 11.9 Å². The van der Waals surface area contributed by atoms with Crippen LogP contribution in [0, 0.1) is 0 Å². The molecule has 6 heteroatoms.